The quantitative estimate of drug-likeness (QED) is 0.389. The average molecular weight is 273 g/mol. The second-order valence-electron chi connectivity index (χ2n) is 4.23. The van der Waals surface area contributed by atoms with Crippen LogP contribution >= 0.6 is 0 Å². The second-order valence-corrected chi connectivity index (χ2v) is 4.23. The number of hydrogen-bond donors (Lipinski definition) is 5. The average Bonchev–Trinajstić information content (AvgIpc) is 2.67. The minimum absolute atomic E-state index is 0.115. The van der Waals surface area contributed by atoms with Crippen molar-refractivity contribution in [2.45, 2.75) is 31.1 Å². The van der Waals surface area contributed by atoms with Crippen LogP contribution in [0.25, 0.3) is 0 Å². The summed E-state index contributed by atoms with van der Waals surface area (Å²) in [4.78, 5) is 15.2. The molecule has 1 aliphatic heterocycles. The smallest absolute Gasteiger partial charge is 0.351 e. The molecule has 2 rings (SSSR count). The van der Waals surface area contributed by atoms with Crippen LogP contribution in [-0.2, 0) is 11.3 Å². The molecule has 0 aromatic carbocycles. The van der Waals surface area contributed by atoms with Crippen molar-refractivity contribution >= 4 is 5.82 Å². The van der Waals surface area contributed by atoms with Gasteiger partial charge in [0.15, 0.2) is 6.23 Å². The highest BCUT2D eigenvalue weighted by atomic mass is 16.6. The molecule has 6 N–H and O–H groups in total. The Labute approximate surface area is 107 Å². The maximum Gasteiger partial charge on any atom is 0.351 e. The Hall–Kier alpha value is -1.52. The summed E-state index contributed by atoms with van der Waals surface area (Å²) >= 11 is 0. The summed E-state index contributed by atoms with van der Waals surface area (Å²) in [6.45, 7) is -0.938. The molecule has 0 saturated carbocycles. The van der Waals surface area contributed by atoms with E-state index in [1.54, 1.807) is 0 Å². The zero-order valence-electron chi connectivity index (χ0n) is 9.88. The van der Waals surface area contributed by atoms with Crippen LogP contribution in [0, 0.1) is 0 Å². The number of ether oxygens (including phenoxy) is 1. The normalized spacial score (nSPS) is 30.7. The molecule has 1 aromatic heterocycles. The van der Waals surface area contributed by atoms with E-state index in [0.717, 1.165) is 4.57 Å². The van der Waals surface area contributed by atoms with E-state index in [4.69, 9.17) is 20.7 Å². The van der Waals surface area contributed by atoms with Gasteiger partial charge in [-0.1, -0.05) is 0 Å². The standard InChI is InChI=1S/C10H15N3O6/c11-8-4(2-14)1-13(10(18)12-8)9-7(17)6(16)5(3-15)19-9/h1,5-7,9,14-17H,2-3H2,(H2,11,12,18)/t5-,6?,7+,9-/m1/s1. The number of nitrogens with two attached hydrogens (primary N) is 1. The van der Waals surface area contributed by atoms with Crippen molar-refractivity contribution in [3.63, 3.8) is 0 Å². The van der Waals surface area contributed by atoms with Gasteiger partial charge in [-0.15, -0.1) is 0 Å². The number of anilines is 1. The van der Waals surface area contributed by atoms with E-state index in [0.29, 0.717) is 0 Å². The lowest BCUT2D eigenvalue weighted by Crippen LogP contribution is -2.36. The molecule has 0 spiro atoms. The summed E-state index contributed by atoms with van der Waals surface area (Å²) < 4.78 is 6.11. The van der Waals surface area contributed by atoms with E-state index < -0.39 is 43.4 Å². The maximum absolute atomic E-state index is 11.7. The predicted molar refractivity (Wildman–Crippen MR) is 61.8 cm³/mol. The lowest BCUT2D eigenvalue weighted by Gasteiger charge is -2.18. The van der Waals surface area contributed by atoms with E-state index in [-0.39, 0.29) is 11.4 Å². The van der Waals surface area contributed by atoms with E-state index in [9.17, 15) is 15.0 Å². The highest BCUT2D eigenvalue weighted by molar-refractivity contribution is 5.36. The molecule has 1 saturated heterocycles. The molecule has 1 fully saturated rings. The predicted octanol–water partition coefficient (Wildman–Crippen LogP) is -3.07. The van der Waals surface area contributed by atoms with Crippen LogP contribution in [0.4, 0.5) is 5.82 Å². The third-order valence-electron chi connectivity index (χ3n) is 3.02. The van der Waals surface area contributed by atoms with Crippen molar-refractivity contribution in [3.05, 3.63) is 22.2 Å². The van der Waals surface area contributed by atoms with E-state index in [2.05, 4.69) is 4.98 Å². The summed E-state index contributed by atoms with van der Waals surface area (Å²) in [5, 5.41) is 37.5. The van der Waals surface area contributed by atoms with Crippen molar-refractivity contribution in [3.8, 4) is 0 Å². The number of aliphatic hydroxyl groups is 4. The summed E-state index contributed by atoms with van der Waals surface area (Å²) in [6, 6.07) is 0. The highest BCUT2D eigenvalue weighted by Gasteiger charge is 2.43. The first-order valence-electron chi connectivity index (χ1n) is 5.60. The minimum atomic E-state index is -1.40. The van der Waals surface area contributed by atoms with Crippen molar-refractivity contribution in [2.24, 2.45) is 0 Å². The summed E-state index contributed by atoms with van der Waals surface area (Å²) in [7, 11) is 0. The first-order chi connectivity index (χ1) is 8.99. The van der Waals surface area contributed by atoms with Gasteiger partial charge in [0.2, 0.25) is 0 Å². The molecular formula is C10H15N3O6. The molecule has 0 radical (unpaired) electrons. The van der Waals surface area contributed by atoms with E-state index in [1.807, 2.05) is 0 Å². The van der Waals surface area contributed by atoms with E-state index in [1.165, 1.54) is 6.20 Å². The third-order valence-corrected chi connectivity index (χ3v) is 3.02. The topological polar surface area (TPSA) is 151 Å². The zero-order valence-corrected chi connectivity index (χ0v) is 9.88. The van der Waals surface area contributed by atoms with Crippen LogP contribution in [0.5, 0.6) is 0 Å². The summed E-state index contributed by atoms with van der Waals surface area (Å²) in [6.07, 6.45) is -3.71. The van der Waals surface area contributed by atoms with Crippen molar-refractivity contribution in [1.82, 2.24) is 9.55 Å². The molecule has 19 heavy (non-hydrogen) atoms. The van der Waals surface area contributed by atoms with Crippen molar-refractivity contribution in [2.75, 3.05) is 12.3 Å². The summed E-state index contributed by atoms with van der Waals surface area (Å²) in [5.74, 6) is -0.115. The van der Waals surface area contributed by atoms with Gasteiger partial charge in [-0.25, -0.2) is 4.79 Å². The van der Waals surface area contributed by atoms with Crippen LogP contribution in [-0.4, -0.2) is 54.9 Å². The zero-order chi connectivity index (χ0) is 14.2. The van der Waals surface area contributed by atoms with Crippen LogP contribution in [0.15, 0.2) is 11.0 Å². The number of aliphatic hydroxyl groups excluding tert-OH is 4. The number of hydrogen-bond acceptors (Lipinski definition) is 8. The molecule has 9 nitrogen and oxygen atoms in total. The fourth-order valence-corrected chi connectivity index (χ4v) is 1.94. The maximum atomic E-state index is 11.7. The van der Waals surface area contributed by atoms with Crippen LogP contribution in [0.2, 0.25) is 0 Å². The van der Waals surface area contributed by atoms with Gasteiger partial charge in [0.05, 0.1) is 13.2 Å². The Morgan fingerprint density at radius 1 is 1.37 bits per heavy atom. The molecule has 1 unspecified atom stereocenters. The van der Waals surface area contributed by atoms with Gasteiger partial charge in [0.1, 0.15) is 24.1 Å². The molecular weight excluding hydrogens is 258 g/mol. The second kappa shape index (κ2) is 5.23. The molecule has 0 amide bonds. The van der Waals surface area contributed by atoms with Gasteiger partial charge >= 0.3 is 5.69 Å². The van der Waals surface area contributed by atoms with Gasteiger partial charge in [0, 0.05) is 11.8 Å². The third kappa shape index (κ3) is 2.33. The number of nitrogen functional groups attached to an aromatic ring is 1. The van der Waals surface area contributed by atoms with Crippen LogP contribution in [0.1, 0.15) is 11.8 Å². The molecule has 1 aliphatic rings. The molecule has 4 atom stereocenters. The van der Waals surface area contributed by atoms with E-state index >= 15 is 0 Å². The van der Waals surface area contributed by atoms with Crippen molar-refractivity contribution < 1.29 is 25.2 Å². The molecule has 9 heteroatoms. The van der Waals surface area contributed by atoms with Gasteiger partial charge in [-0.3, -0.25) is 4.57 Å². The van der Waals surface area contributed by atoms with Gasteiger partial charge < -0.3 is 30.9 Å². The fourth-order valence-electron chi connectivity index (χ4n) is 1.94. The number of aromatic nitrogens is 2. The molecule has 0 bridgehead atoms. The highest BCUT2D eigenvalue weighted by Crippen LogP contribution is 2.28. The lowest BCUT2D eigenvalue weighted by atomic mass is 10.1. The molecule has 0 aliphatic carbocycles. The van der Waals surface area contributed by atoms with Crippen molar-refractivity contribution in [1.29, 1.82) is 0 Å². The molecule has 1 aromatic rings. The minimum Gasteiger partial charge on any atom is -0.394 e. The van der Waals surface area contributed by atoms with Crippen LogP contribution in [0.3, 0.4) is 0 Å². The fraction of sp³-hybridized carbons (Fsp3) is 0.600. The van der Waals surface area contributed by atoms with Gasteiger partial charge in [0.25, 0.3) is 0 Å². The monoisotopic (exact) mass is 273 g/mol. The Morgan fingerprint density at radius 2 is 2.05 bits per heavy atom. The molecule has 2 heterocycles. The SMILES string of the molecule is Nc1nc(=O)n([C@@H]2O[C@H](CO)C(O)[C@@H]2O)cc1CO. The Balaban J connectivity index is 2.40. The first-order valence-corrected chi connectivity index (χ1v) is 5.60. The lowest BCUT2D eigenvalue weighted by molar-refractivity contribution is -0.0551. The summed E-state index contributed by atoms with van der Waals surface area (Å²) in [5.41, 5.74) is 4.84. The van der Waals surface area contributed by atoms with Gasteiger partial charge in [-0.05, 0) is 0 Å². The molecule has 106 valence electrons. The largest absolute Gasteiger partial charge is 0.394 e. The Morgan fingerprint density at radius 3 is 2.58 bits per heavy atom. The first kappa shape index (κ1) is 13.9. The van der Waals surface area contributed by atoms with Gasteiger partial charge in [-0.2, -0.15) is 4.98 Å². The number of rotatable bonds is 3. The Bertz CT molecular complexity index is 518. The van der Waals surface area contributed by atoms with Crippen LogP contribution < -0.4 is 11.4 Å². The Kier molecular flexibility index (Phi) is 3.83. The number of nitrogens with zero attached hydrogens (tertiary/aromatic N) is 2.